The smallest absolute Gasteiger partial charge is 0.416 e. The van der Waals surface area contributed by atoms with E-state index in [1.54, 1.807) is 11.0 Å². The number of amides is 1. The third-order valence-corrected chi connectivity index (χ3v) is 10.1. The molecule has 2 unspecified atom stereocenters. The fraction of sp³-hybridized carbons (Fsp3) is 0.514. The van der Waals surface area contributed by atoms with Gasteiger partial charge in [-0.25, -0.2) is 0 Å². The van der Waals surface area contributed by atoms with Crippen molar-refractivity contribution in [2.24, 2.45) is 5.92 Å². The number of esters is 2. The number of benzene rings is 2. The van der Waals surface area contributed by atoms with Crippen LogP contribution in [0.3, 0.4) is 0 Å². The second-order valence-electron chi connectivity index (χ2n) is 13.4. The van der Waals surface area contributed by atoms with E-state index in [0.29, 0.717) is 55.8 Å². The van der Waals surface area contributed by atoms with Crippen LogP contribution in [0.25, 0.3) is 6.08 Å². The second kappa shape index (κ2) is 11.4. The number of rotatable bonds is 7. The summed E-state index contributed by atoms with van der Waals surface area (Å²) in [6, 6.07) is 7.81. The van der Waals surface area contributed by atoms with Crippen molar-refractivity contribution in [2.45, 2.75) is 88.8 Å². The molecular formula is C35H39F3N2O6. The summed E-state index contributed by atoms with van der Waals surface area (Å²) in [5.41, 5.74) is -0.0918. The van der Waals surface area contributed by atoms with E-state index in [1.165, 1.54) is 38.1 Å². The molecule has 2 aliphatic carbocycles. The van der Waals surface area contributed by atoms with E-state index >= 15 is 0 Å². The van der Waals surface area contributed by atoms with Crippen molar-refractivity contribution < 1.29 is 41.8 Å². The van der Waals surface area contributed by atoms with Crippen LogP contribution in [-0.4, -0.2) is 71.6 Å². The van der Waals surface area contributed by atoms with Gasteiger partial charge in [0.2, 0.25) is 5.91 Å². The zero-order valence-corrected chi connectivity index (χ0v) is 26.6. The van der Waals surface area contributed by atoms with E-state index in [0.717, 1.165) is 23.3 Å². The van der Waals surface area contributed by atoms with Gasteiger partial charge in [-0.3, -0.25) is 19.3 Å². The molecular weight excluding hydrogens is 601 g/mol. The van der Waals surface area contributed by atoms with Crippen molar-refractivity contribution in [3.05, 3.63) is 64.7 Å². The Morgan fingerprint density at radius 3 is 2.43 bits per heavy atom. The fourth-order valence-corrected chi connectivity index (χ4v) is 8.53. The van der Waals surface area contributed by atoms with Gasteiger partial charge in [0.15, 0.2) is 11.5 Å². The number of piperidine rings is 1. The van der Waals surface area contributed by atoms with Crippen molar-refractivity contribution in [3.8, 4) is 11.5 Å². The third-order valence-electron chi connectivity index (χ3n) is 10.1. The molecule has 2 bridgehead atoms. The highest BCUT2D eigenvalue weighted by Gasteiger charge is 2.75. The predicted molar refractivity (Wildman–Crippen MR) is 163 cm³/mol. The highest BCUT2D eigenvalue weighted by atomic mass is 19.4. The summed E-state index contributed by atoms with van der Waals surface area (Å²) in [7, 11) is 2.04. The van der Waals surface area contributed by atoms with Crippen molar-refractivity contribution in [2.75, 3.05) is 20.1 Å². The highest BCUT2D eigenvalue weighted by molar-refractivity contribution is 5.92. The Labute approximate surface area is 266 Å². The Hall–Kier alpha value is -3.86. The first-order valence-electron chi connectivity index (χ1n) is 15.7. The number of carbonyl (C=O) groups excluding carboxylic acids is 3. The van der Waals surface area contributed by atoms with Crippen LogP contribution in [0.2, 0.25) is 0 Å². The summed E-state index contributed by atoms with van der Waals surface area (Å²) in [5.74, 6) is -0.325. The molecule has 11 heteroatoms. The average molecular weight is 641 g/mol. The second-order valence-corrected chi connectivity index (χ2v) is 13.4. The highest BCUT2D eigenvalue weighted by Crippen LogP contribution is 2.67. The van der Waals surface area contributed by atoms with Crippen molar-refractivity contribution in [1.29, 1.82) is 0 Å². The van der Waals surface area contributed by atoms with Gasteiger partial charge in [0.25, 0.3) is 0 Å². The number of alkyl halides is 3. The summed E-state index contributed by atoms with van der Waals surface area (Å²) in [6.07, 6.45) is 0.0666. The van der Waals surface area contributed by atoms with Gasteiger partial charge in [0.05, 0.1) is 23.1 Å². The Morgan fingerprint density at radius 1 is 1.09 bits per heavy atom. The first kappa shape index (κ1) is 32.1. The van der Waals surface area contributed by atoms with Crippen molar-refractivity contribution in [1.82, 2.24) is 9.80 Å². The summed E-state index contributed by atoms with van der Waals surface area (Å²) >= 11 is 0. The zero-order chi connectivity index (χ0) is 33.2. The average Bonchev–Trinajstić information content (AvgIpc) is 3.33. The van der Waals surface area contributed by atoms with Gasteiger partial charge in [-0.15, -0.1) is 0 Å². The van der Waals surface area contributed by atoms with Crippen LogP contribution in [0, 0.1) is 5.92 Å². The molecule has 6 rings (SSSR count). The Morgan fingerprint density at radius 2 is 1.80 bits per heavy atom. The van der Waals surface area contributed by atoms with Crippen molar-refractivity contribution >= 4 is 23.9 Å². The summed E-state index contributed by atoms with van der Waals surface area (Å²) in [4.78, 5) is 43.0. The predicted octanol–water partition coefficient (Wildman–Crippen LogP) is 5.55. The van der Waals surface area contributed by atoms with Crippen LogP contribution in [0.15, 0.2) is 42.5 Å². The Kier molecular flexibility index (Phi) is 7.98. The molecule has 1 saturated carbocycles. The molecule has 1 saturated heterocycles. The van der Waals surface area contributed by atoms with Crippen LogP contribution in [0.5, 0.6) is 11.5 Å². The van der Waals surface area contributed by atoms with E-state index in [2.05, 4.69) is 4.90 Å². The lowest BCUT2D eigenvalue weighted by Crippen LogP contribution is -2.79. The molecule has 2 fully saturated rings. The number of likely N-dealkylation sites (N-methyl/N-ethyl adjacent to an activating group) is 1. The molecule has 1 amide bonds. The summed E-state index contributed by atoms with van der Waals surface area (Å²) in [5, 5.41) is 0. The number of hydrogen-bond donors (Lipinski definition) is 0. The standard InChI is InChI=1S/C35H39F3N2O6/c1-20(2)19-40(29(43)13-8-23-6-10-25(11-7-23)35(36,37)38)26-14-15-34(46-22(4)42)28-18-24-9-12-27(44-21(3)41)31-30(24)33(34,32(26)45-31)16-17-39(28)5/h6-13,20,26,28,32H,14-19H2,1-5H3/b13-8-/t26?,28-,32?,33+,34-/m1/s1. The summed E-state index contributed by atoms with van der Waals surface area (Å²) < 4.78 is 58.2. The molecule has 0 aromatic heterocycles. The van der Waals surface area contributed by atoms with Crippen LogP contribution < -0.4 is 9.47 Å². The minimum atomic E-state index is -4.45. The molecule has 2 aromatic carbocycles. The number of likely N-dealkylation sites (tertiary alicyclic amines) is 1. The van der Waals surface area contributed by atoms with E-state index in [9.17, 15) is 27.6 Å². The maximum atomic E-state index is 14.0. The van der Waals surface area contributed by atoms with Crippen molar-refractivity contribution in [3.63, 3.8) is 0 Å². The van der Waals surface area contributed by atoms with Gasteiger partial charge in [0, 0.05) is 32.0 Å². The third kappa shape index (κ3) is 5.07. The number of halogens is 3. The van der Waals surface area contributed by atoms with E-state index in [1.807, 2.05) is 27.0 Å². The first-order valence-corrected chi connectivity index (χ1v) is 15.7. The largest absolute Gasteiger partial charge is 0.483 e. The van der Waals surface area contributed by atoms with Crippen LogP contribution in [0.4, 0.5) is 13.2 Å². The molecule has 0 radical (unpaired) electrons. The molecule has 2 heterocycles. The quantitative estimate of drug-likeness (QED) is 0.223. The van der Waals surface area contributed by atoms with E-state index in [4.69, 9.17) is 14.2 Å². The van der Waals surface area contributed by atoms with Gasteiger partial charge in [-0.2, -0.15) is 13.2 Å². The molecule has 5 atom stereocenters. The van der Waals surface area contributed by atoms with Gasteiger partial charge in [-0.1, -0.05) is 32.0 Å². The van der Waals surface area contributed by atoms with Crippen LogP contribution in [-0.2, 0) is 37.1 Å². The summed E-state index contributed by atoms with van der Waals surface area (Å²) in [6.45, 7) is 7.89. The molecule has 246 valence electrons. The number of nitrogens with zero attached hydrogens (tertiary/aromatic N) is 2. The van der Waals surface area contributed by atoms with Gasteiger partial charge in [0.1, 0.15) is 11.7 Å². The van der Waals surface area contributed by atoms with Crippen LogP contribution >= 0.6 is 0 Å². The molecule has 46 heavy (non-hydrogen) atoms. The molecule has 1 spiro atoms. The lowest BCUT2D eigenvalue weighted by atomic mass is 9.48. The lowest BCUT2D eigenvalue weighted by molar-refractivity contribution is -0.221. The maximum absolute atomic E-state index is 14.0. The van der Waals surface area contributed by atoms with Gasteiger partial charge >= 0.3 is 18.1 Å². The molecule has 2 aromatic rings. The van der Waals surface area contributed by atoms with E-state index < -0.39 is 40.9 Å². The van der Waals surface area contributed by atoms with Gasteiger partial charge < -0.3 is 19.1 Å². The monoisotopic (exact) mass is 640 g/mol. The molecule has 0 N–H and O–H groups in total. The first-order chi connectivity index (χ1) is 21.7. The lowest BCUT2D eigenvalue weighted by Gasteiger charge is -2.65. The minimum absolute atomic E-state index is 0.0913. The minimum Gasteiger partial charge on any atom is -0.483 e. The Bertz CT molecular complexity index is 1590. The topological polar surface area (TPSA) is 85.4 Å². The van der Waals surface area contributed by atoms with Crippen LogP contribution in [0.1, 0.15) is 69.2 Å². The molecule has 4 aliphatic rings. The number of ether oxygens (including phenoxy) is 3. The maximum Gasteiger partial charge on any atom is 0.416 e. The Balaban J connectivity index is 1.44. The normalized spacial score (nSPS) is 28.1. The SMILES string of the molecule is CC(=O)Oc1ccc2c3c1OC1C(N(CC(C)C)C(=O)/C=C\c4ccc(C(F)(F)F)cc4)CC[C@@]4(OC(C)=O)[C@@H](C2)N(C)CC[C@]314. The molecule has 8 nitrogen and oxygen atoms in total. The van der Waals surface area contributed by atoms with E-state index in [-0.39, 0.29) is 23.8 Å². The van der Waals surface area contributed by atoms with Gasteiger partial charge in [-0.05, 0) is 80.6 Å². The number of hydrogen-bond acceptors (Lipinski definition) is 7. The number of carbonyl (C=O) groups is 3. The molecule has 2 aliphatic heterocycles. The zero-order valence-electron chi connectivity index (χ0n) is 26.6. The fourth-order valence-electron chi connectivity index (χ4n) is 8.53.